The highest BCUT2D eigenvalue weighted by Crippen LogP contribution is 2.40. The number of hydrogen-bond donors (Lipinski definition) is 0. The first-order valence-electron chi connectivity index (χ1n) is 15.7. The van der Waals surface area contributed by atoms with E-state index in [0.29, 0.717) is 13.2 Å². The van der Waals surface area contributed by atoms with Gasteiger partial charge in [-0.1, -0.05) is 83.1 Å². The Morgan fingerprint density at radius 2 is 0.690 bits per heavy atom. The molecule has 0 aromatic heterocycles. The summed E-state index contributed by atoms with van der Waals surface area (Å²) in [6.45, 7) is 45.1. The lowest BCUT2D eigenvalue weighted by Crippen LogP contribution is -2.49. The number of hydrogen-bond acceptors (Lipinski definition) is 7. The highest BCUT2D eigenvalue weighted by atomic mass is 28.4. The van der Waals surface area contributed by atoms with Crippen LogP contribution < -0.4 is 0 Å². The first-order chi connectivity index (χ1) is 18.3. The SMILES string of the molecule is CC(C)(C)[Si](C)(C)OC[C@H](COC(=O)OC[C@@H](CO[Si](C)(C)C(C)(C)C)O[Si](C)(C)C(C)(C)C)O[Si](C)(C)C(C)(C)C. The molecule has 0 aromatic rings. The average Bonchev–Trinajstić information content (AvgIpc) is 2.74. The van der Waals surface area contributed by atoms with E-state index in [9.17, 15) is 4.79 Å². The Bertz CT molecular complexity index is 777. The van der Waals surface area contributed by atoms with Crippen molar-refractivity contribution < 1.29 is 32.0 Å². The molecule has 0 unspecified atom stereocenters. The second kappa shape index (κ2) is 14.6. The van der Waals surface area contributed by atoms with E-state index in [1.54, 1.807) is 0 Å². The molecule has 0 heterocycles. The van der Waals surface area contributed by atoms with E-state index in [1.165, 1.54) is 0 Å². The molecule has 0 aliphatic carbocycles. The lowest BCUT2D eigenvalue weighted by molar-refractivity contribution is -0.0141. The molecule has 0 rings (SSSR count). The molecule has 0 radical (unpaired) electrons. The Kier molecular flexibility index (Phi) is 14.6. The van der Waals surface area contributed by atoms with Crippen molar-refractivity contribution >= 4 is 39.4 Å². The molecule has 2 atom stereocenters. The monoisotopic (exact) mass is 666 g/mol. The van der Waals surface area contributed by atoms with Crippen molar-refractivity contribution in [2.45, 2.75) is 168 Å². The standard InChI is InChI=1S/C31H70O7Si4/c1-28(2,3)39(13,14)35-23-25(37-41(17,18)30(7,8)9)21-33-27(32)34-22-26(38-42(19,20)31(10,11)12)24-36-40(15,16)29(4,5)6/h25-26H,21-24H2,1-20H3/t25-,26-/m0/s1. The zero-order chi connectivity index (χ0) is 33.8. The summed E-state index contributed by atoms with van der Waals surface area (Å²) < 4.78 is 37.6. The molecule has 0 bridgehead atoms. The Hall–Kier alpha value is -0.0225. The molecule has 11 heteroatoms. The summed E-state index contributed by atoms with van der Waals surface area (Å²) in [5.74, 6) is 0. The van der Waals surface area contributed by atoms with E-state index in [0.717, 1.165) is 0 Å². The van der Waals surface area contributed by atoms with Gasteiger partial charge in [0.1, 0.15) is 25.4 Å². The Labute approximate surface area is 265 Å². The fraction of sp³-hybridized carbons (Fsp3) is 0.968. The molecule has 0 saturated carbocycles. The van der Waals surface area contributed by atoms with Gasteiger partial charge in [-0.2, -0.15) is 0 Å². The van der Waals surface area contributed by atoms with Crippen LogP contribution in [0.5, 0.6) is 0 Å². The first kappa shape index (κ1) is 42.0. The van der Waals surface area contributed by atoms with Crippen LogP contribution in [-0.4, -0.2) is 78.1 Å². The van der Waals surface area contributed by atoms with Crippen LogP contribution in [0.15, 0.2) is 0 Å². The third kappa shape index (κ3) is 13.1. The molecule has 0 fully saturated rings. The van der Waals surface area contributed by atoms with Crippen LogP contribution >= 0.6 is 0 Å². The first-order valence-corrected chi connectivity index (χ1v) is 27.3. The molecular formula is C31H70O7Si4. The van der Waals surface area contributed by atoms with Gasteiger partial charge in [-0.25, -0.2) is 4.79 Å². The second-order valence-electron chi connectivity index (χ2n) is 18.0. The van der Waals surface area contributed by atoms with E-state index in [2.05, 4.69) is 135 Å². The third-order valence-corrected chi connectivity index (χ3v) is 28.3. The fourth-order valence-electron chi connectivity index (χ4n) is 2.82. The molecule has 0 N–H and O–H groups in total. The zero-order valence-electron chi connectivity index (χ0n) is 31.3. The van der Waals surface area contributed by atoms with E-state index >= 15 is 0 Å². The smallest absolute Gasteiger partial charge is 0.431 e. The molecular weight excluding hydrogens is 597 g/mol. The fourth-order valence-corrected chi connectivity index (χ4v) is 7.54. The second-order valence-corrected chi connectivity index (χ2v) is 37.1. The van der Waals surface area contributed by atoms with Crippen LogP contribution in [0.3, 0.4) is 0 Å². The highest BCUT2D eigenvalue weighted by Gasteiger charge is 2.43. The predicted molar refractivity (Wildman–Crippen MR) is 188 cm³/mol. The number of carbonyl (C=O) groups excluding carboxylic acids is 1. The normalized spacial score (nSPS) is 16.3. The van der Waals surface area contributed by atoms with Gasteiger partial charge in [0.05, 0.1) is 13.2 Å². The molecule has 0 amide bonds. The lowest BCUT2D eigenvalue weighted by Gasteiger charge is -2.41. The minimum atomic E-state index is -2.13. The molecule has 0 saturated heterocycles. The van der Waals surface area contributed by atoms with Gasteiger partial charge in [-0.3, -0.25) is 0 Å². The van der Waals surface area contributed by atoms with E-state index < -0.39 is 39.4 Å². The minimum absolute atomic E-state index is 0.0151. The van der Waals surface area contributed by atoms with Gasteiger partial charge in [0, 0.05) is 0 Å². The minimum Gasteiger partial charge on any atom is -0.431 e. The van der Waals surface area contributed by atoms with Gasteiger partial charge in [0.15, 0.2) is 33.3 Å². The molecule has 7 nitrogen and oxygen atoms in total. The summed E-state index contributed by atoms with van der Waals surface area (Å²) in [6.07, 6.45) is -1.45. The number of carbonyl (C=O) groups is 1. The summed E-state index contributed by atoms with van der Waals surface area (Å²) in [4.78, 5) is 12.9. The summed E-state index contributed by atoms with van der Waals surface area (Å²) in [5.41, 5.74) is 0. The van der Waals surface area contributed by atoms with Crippen LogP contribution in [0.4, 0.5) is 4.79 Å². The third-order valence-electron chi connectivity index (χ3n) is 10.2. The van der Waals surface area contributed by atoms with Gasteiger partial charge in [0.25, 0.3) is 0 Å². The maximum Gasteiger partial charge on any atom is 0.508 e. The van der Waals surface area contributed by atoms with Gasteiger partial charge in [-0.15, -0.1) is 0 Å². The lowest BCUT2D eigenvalue weighted by atomic mass is 10.2. The van der Waals surface area contributed by atoms with Crippen LogP contribution in [0.2, 0.25) is 72.5 Å². The molecule has 252 valence electrons. The van der Waals surface area contributed by atoms with E-state index in [-0.39, 0.29) is 45.6 Å². The van der Waals surface area contributed by atoms with Gasteiger partial charge >= 0.3 is 6.16 Å². The number of ether oxygens (including phenoxy) is 2. The van der Waals surface area contributed by atoms with Crippen molar-refractivity contribution in [1.29, 1.82) is 0 Å². The highest BCUT2D eigenvalue weighted by molar-refractivity contribution is 6.75. The number of rotatable bonds is 14. The quantitative estimate of drug-likeness (QED) is 0.135. The van der Waals surface area contributed by atoms with E-state index in [1.807, 2.05) is 0 Å². The summed E-state index contributed by atoms with van der Waals surface area (Å²) in [7, 11) is -8.29. The topological polar surface area (TPSA) is 72.5 Å². The van der Waals surface area contributed by atoms with Crippen molar-refractivity contribution in [3.8, 4) is 0 Å². The average molecular weight is 667 g/mol. The van der Waals surface area contributed by atoms with Crippen molar-refractivity contribution in [2.24, 2.45) is 0 Å². The van der Waals surface area contributed by atoms with Gasteiger partial charge in [-0.05, 0) is 72.5 Å². The maximum atomic E-state index is 12.9. The summed E-state index contributed by atoms with van der Waals surface area (Å²) >= 11 is 0. The van der Waals surface area contributed by atoms with Crippen molar-refractivity contribution in [3.05, 3.63) is 0 Å². The van der Waals surface area contributed by atoms with E-state index in [4.69, 9.17) is 27.2 Å². The van der Waals surface area contributed by atoms with Gasteiger partial charge < -0.3 is 27.2 Å². The van der Waals surface area contributed by atoms with Crippen molar-refractivity contribution in [3.63, 3.8) is 0 Å². The van der Waals surface area contributed by atoms with Crippen LogP contribution in [-0.2, 0) is 27.2 Å². The van der Waals surface area contributed by atoms with Crippen molar-refractivity contribution in [2.75, 3.05) is 26.4 Å². The molecule has 0 spiro atoms. The predicted octanol–water partition coefficient (Wildman–Crippen LogP) is 9.96. The molecule has 42 heavy (non-hydrogen) atoms. The molecule has 0 aromatic carbocycles. The van der Waals surface area contributed by atoms with Gasteiger partial charge in [0.2, 0.25) is 0 Å². The maximum absolute atomic E-state index is 12.9. The van der Waals surface area contributed by atoms with Crippen LogP contribution in [0.25, 0.3) is 0 Å². The summed E-state index contributed by atoms with van der Waals surface area (Å²) in [6, 6.07) is 0. The molecule has 0 aliphatic rings. The van der Waals surface area contributed by atoms with Crippen molar-refractivity contribution in [1.82, 2.24) is 0 Å². The summed E-state index contributed by atoms with van der Waals surface area (Å²) in [5, 5.41) is 0.169. The molecule has 0 aliphatic heterocycles. The largest absolute Gasteiger partial charge is 0.508 e. The van der Waals surface area contributed by atoms with Crippen LogP contribution in [0.1, 0.15) is 83.1 Å². The van der Waals surface area contributed by atoms with Crippen LogP contribution in [0, 0.1) is 0 Å². The Balaban J connectivity index is 5.62. The zero-order valence-corrected chi connectivity index (χ0v) is 35.3. The Morgan fingerprint density at radius 3 is 0.905 bits per heavy atom. The Morgan fingerprint density at radius 1 is 0.452 bits per heavy atom.